The second kappa shape index (κ2) is 42.1. The van der Waals surface area contributed by atoms with Gasteiger partial charge in [0.1, 0.15) is 12.2 Å². The summed E-state index contributed by atoms with van der Waals surface area (Å²) in [5, 5.41) is 19.2. The Morgan fingerprint density at radius 3 is 1.19 bits per heavy atom. The van der Waals surface area contributed by atoms with Crippen molar-refractivity contribution in [3.05, 3.63) is 48.6 Å². The molecule has 0 aromatic rings. The van der Waals surface area contributed by atoms with Crippen molar-refractivity contribution in [3.8, 4) is 0 Å². The Bertz CT molecular complexity index is 1090. The number of carbonyl (C=O) groups excluding carboxylic acids is 2. The Hall–Kier alpha value is -2.07. The Labute approximate surface area is 347 Å². The first-order valence-corrected chi connectivity index (χ1v) is 24.1. The lowest BCUT2D eigenvalue weighted by atomic mass is 10.0. The SMILES string of the molecule is CC/C=C\C/C=C\C/C=C\C/C=C\CCCCCCCCCCC(=O)OC(CO)COP(=O)(O)OCC(CO)OC(=O)CCCCCCCCCCCCCCC. The second-order valence-electron chi connectivity index (χ2n) is 15.0. The number of carbonyl (C=O) groups is 2. The molecule has 0 aliphatic carbocycles. The van der Waals surface area contributed by atoms with Crippen LogP contribution >= 0.6 is 7.82 Å². The minimum Gasteiger partial charge on any atom is -0.457 e. The quantitative estimate of drug-likeness (QED) is 0.0235. The van der Waals surface area contributed by atoms with E-state index in [9.17, 15) is 29.3 Å². The Kier molecular flexibility index (Phi) is 40.5. The molecule has 0 amide bonds. The summed E-state index contributed by atoms with van der Waals surface area (Å²) in [5.74, 6) is -1.02. The van der Waals surface area contributed by atoms with E-state index in [4.69, 9.17) is 18.5 Å². The number of aliphatic hydroxyl groups excluding tert-OH is 2. The molecule has 0 aromatic heterocycles. The fraction of sp³-hybridized carbons (Fsp3) is 0.783. The summed E-state index contributed by atoms with van der Waals surface area (Å²) in [5.41, 5.74) is 0. The molecule has 3 atom stereocenters. The van der Waals surface area contributed by atoms with Crippen LogP contribution in [0.4, 0.5) is 0 Å². The van der Waals surface area contributed by atoms with E-state index in [0.717, 1.165) is 70.6 Å². The number of phosphoric acid groups is 1. The van der Waals surface area contributed by atoms with Gasteiger partial charge in [-0.3, -0.25) is 18.6 Å². The van der Waals surface area contributed by atoms with Crippen LogP contribution in [0, 0.1) is 0 Å². The summed E-state index contributed by atoms with van der Waals surface area (Å²) < 4.78 is 32.6. The van der Waals surface area contributed by atoms with E-state index in [0.29, 0.717) is 12.8 Å². The zero-order valence-electron chi connectivity index (χ0n) is 36.0. The Morgan fingerprint density at radius 2 is 0.825 bits per heavy atom. The summed E-state index contributed by atoms with van der Waals surface area (Å²) in [7, 11) is -4.64. The summed E-state index contributed by atoms with van der Waals surface area (Å²) >= 11 is 0. The van der Waals surface area contributed by atoms with Gasteiger partial charge in [0.15, 0.2) is 0 Å². The summed E-state index contributed by atoms with van der Waals surface area (Å²) in [6.45, 7) is 2.09. The average Bonchev–Trinajstić information content (AvgIpc) is 3.20. The fourth-order valence-electron chi connectivity index (χ4n) is 6.11. The van der Waals surface area contributed by atoms with Gasteiger partial charge in [-0.1, -0.05) is 178 Å². The van der Waals surface area contributed by atoms with Crippen molar-refractivity contribution in [3.63, 3.8) is 0 Å². The first kappa shape index (κ1) is 54.9. The Balaban J connectivity index is 3.90. The van der Waals surface area contributed by atoms with Gasteiger partial charge in [0.2, 0.25) is 0 Å². The molecule has 11 heteroatoms. The summed E-state index contributed by atoms with van der Waals surface area (Å²) in [4.78, 5) is 34.5. The predicted octanol–water partition coefficient (Wildman–Crippen LogP) is 12.1. The maximum Gasteiger partial charge on any atom is 0.472 e. The van der Waals surface area contributed by atoms with Crippen LogP contribution in [0.15, 0.2) is 48.6 Å². The maximum absolute atomic E-state index is 12.4. The van der Waals surface area contributed by atoms with Gasteiger partial charge in [0.05, 0.1) is 26.4 Å². The van der Waals surface area contributed by atoms with Crippen LogP contribution in [0.2, 0.25) is 0 Å². The van der Waals surface area contributed by atoms with Crippen molar-refractivity contribution in [1.29, 1.82) is 0 Å². The van der Waals surface area contributed by atoms with E-state index in [2.05, 4.69) is 62.5 Å². The van der Waals surface area contributed by atoms with Crippen LogP contribution in [0.1, 0.15) is 194 Å². The van der Waals surface area contributed by atoms with Crippen molar-refractivity contribution in [2.75, 3.05) is 26.4 Å². The van der Waals surface area contributed by atoms with E-state index in [1.165, 1.54) is 83.5 Å². The van der Waals surface area contributed by atoms with Crippen molar-refractivity contribution >= 4 is 19.8 Å². The number of esters is 2. The largest absolute Gasteiger partial charge is 0.472 e. The second-order valence-corrected chi connectivity index (χ2v) is 16.5. The smallest absolute Gasteiger partial charge is 0.457 e. The van der Waals surface area contributed by atoms with Gasteiger partial charge in [-0.05, 0) is 51.4 Å². The molecular formula is C46H83O10P. The molecule has 10 nitrogen and oxygen atoms in total. The highest BCUT2D eigenvalue weighted by Gasteiger charge is 2.27. The topological polar surface area (TPSA) is 149 Å². The minimum atomic E-state index is -4.64. The highest BCUT2D eigenvalue weighted by Crippen LogP contribution is 2.43. The van der Waals surface area contributed by atoms with Gasteiger partial charge < -0.3 is 24.6 Å². The van der Waals surface area contributed by atoms with Gasteiger partial charge in [-0.25, -0.2) is 4.57 Å². The molecule has 0 radical (unpaired) electrons. The monoisotopic (exact) mass is 827 g/mol. The number of hydrogen-bond donors (Lipinski definition) is 3. The minimum absolute atomic E-state index is 0.182. The molecule has 0 aliphatic heterocycles. The number of phosphoric ester groups is 1. The zero-order chi connectivity index (χ0) is 41.9. The molecule has 332 valence electrons. The molecule has 3 unspecified atom stereocenters. The molecule has 0 saturated carbocycles. The molecule has 0 heterocycles. The lowest BCUT2D eigenvalue weighted by molar-refractivity contribution is -0.153. The molecule has 0 saturated heterocycles. The highest BCUT2D eigenvalue weighted by molar-refractivity contribution is 7.47. The molecule has 0 rings (SSSR count). The molecule has 57 heavy (non-hydrogen) atoms. The lowest BCUT2D eigenvalue weighted by Crippen LogP contribution is -2.28. The molecule has 0 fully saturated rings. The number of hydrogen-bond acceptors (Lipinski definition) is 9. The van der Waals surface area contributed by atoms with E-state index in [1.807, 2.05) is 0 Å². The predicted molar refractivity (Wildman–Crippen MR) is 233 cm³/mol. The number of aliphatic hydroxyl groups is 2. The van der Waals surface area contributed by atoms with Crippen LogP contribution in [-0.2, 0) is 32.7 Å². The van der Waals surface area contributed by atoms with Crippen LogP contribution in [0.3, 0.4) is 0 Å². The van der Waals surface area contributed by atoms with E-state index < -0.39 is 58.4 Å². The molecule has 0 aliphatic rings. The van der Waals surface area contributed by atoms with E-state index in [-0.39, 0.29) is 12.8 Å². The zero-order valence-corrected chi connectivity index (χ0v) is 36.9. The third kappa shape index (κ3) is 40.5. The van der Waals surface area contributed by atoms with Crippen LogP contribution in [-0.4, -0.2) is 65.7 Å². The first-order valence-electron chi connectivity index (χ1n) is 22.6. The summed E-state index contributed by atoms with van der Waals surface area (Å²) in [6.07, 6.45) is 45.1. The van der Waals surface area contributed by atoms with Crippen LogP contribution in [0.5, 0.6) is 0 Å². The number of allylic oxidation sites excluding steroid dienone is 8. The van der Waals surface area contributed by atoms with Gasteiger partial charge >= 0.3 is 19.8 Å². The molecule has 0 bridgehead atoms. The molecular weight excluding hydrogens is 743 g/mol. The van der Waals surface area contributed by atoms with E-state index in [1.54, 1.807) is 0 Å². The third-order valence-electron chi connectivity index (χ3n) is 9.56. The van der Waals surface area contributed by atoms with Gasteiger partial charge in [-0.15, -0.1) is 0 Å². The highest BCUT2D eigenvalue weighted by atomic mass is 31.2. The first-order chi connectivity index (χ1) is 27.8. The molecule has 0 spiro atoms. The number of ether oxygens (including phenoxy) is 2. The number of unbranched alkanes of at least 4 members (excludes halogenated alkanes) is 20. The van der Waals surface area contributed by atoms with Crippen molar-refractivity contribution < 1.29 is 47.8 Å². The third-order valence-corrected chi connectivity index (χ3v) is 10.5. The standard InChI is InChI=1S/C46H83O10P/c1-3-5-7-9-11-13-15-17-18-19-20-21-22-23-24-26-28-30-32-34-36-38-46(50)56-44(40-48)42-54-57(51,52)53-41-43(39-47)55-45(49)37-35-33-31-29-27-25-16-14-12-10-8-6-4-2/h5,7,11,13,17-18,20-21,43-44,47-48H,3-4,6,8-10,12,14-16,19,22-42H2,1-2H3,(H,51,52)/b7-5-,13-11-,18-17-,21-20-. The number of rotatable bonds is 42. The normalized spacial score (nSPS) is 14.3. The molecule has 3 N–H and O–H groups in total. The lowest BCUT2D eigenvalue weighted by Gasteiger charge is -2.20. The van der Waals surface area contributed by atoms with Gasteiger partial charge in [0, 0.05) is 12.8 Å². The van der Waals surface area contributed by atoms with Gasteiger partial charge in [0.25, 0.3) is 0 Å². The van der Waals surface area contributed by atoms with Crippen molar-refractivity contribution in [2.45, 2.75) is 206 Å². The van der Waals surface area contributed by atoms with Crippen molar-refractivity contribution in [1.82, 2.24) is 0 Å². The summed E-state index contributed by atoms with van der Waals surface area (Å²) in [6, 6.07) is 0. The Morgan fingerprint density at radius 1 is 0.491 bits per heavy atom. The van der Waals surface area contributed by atoms with Crippen molar-refractivity contribution in [2.24, 2.45) is 0 Å². The van der Waals surface area contributed by atoms with Gasteiger partial charge in [-0.2, -0.15) is 0 Å². The van der Waals surface area contributed by atoms with E-state index >= 15 is 0 Å². The molecule has 0 aromatic carbocycles. The average molecular weight is 827 g/mol. The maximum atomic E-state index is 12.4. The fourth-order valence-corrected chi connectivity index (χ4v) is 6.89. The van der Waals surface area contributed by atoms with Crippen LogP contribution in [0.25, 0.3) is 0 Å². The van der Waals surface area contributed by atoms with Crippen LogP contribution < -0.4 is 0 Å².